The summed E-state index contributed by atoms with van der Waals surface area (Å²) in [6.45, 7) is 3.60. The molecule has 9 heteroatoms. The number of amides is 3. The van der Waals surface area contributed by atoms with Gasteiger partial charge in [0.15, 0.2) is 0 Å². The third kappa shape index (κ3) is 6.03. The minimum Gasteiger partial charge on any atom is -0.480 e. The number of aliphatic carboxylic acids is 1. The van der Waals surface area contributed by atoms with Crippen molar-refractivity contribution in [2.75, 3.05) is 6.54 Å². The van der Waals surface area contributed by atoms with Crippen LogP contribution in [-0.4, -0.2) is 64.4 Å². The number of carboxylic acid groups (broad SMARTS) is 1. The third-order valence-corrected chi connectivity index (χ3v) is 5.25. The van der Waals surface area contributed by atoms with E-state index in [1.54, 1.807) is 6.92 Å². The third-order valence-electron chi connectivity index (χ3n) is 5.25. The second kappa shape index (κ2) is 10.7. The molecule has 9 nitrogen and oxygen atoms in total. The largest absolute Gasteiger partial charge is 0.480 e. The van der Waals surface area contributed by atoms with E-state index >= 15 is 0 Å². The number of carbonyl (C=O) groups is 4. The Balaban J connectivity index is 2.15. The number of likely N-dealkylation sites (tertiary alicyclic amines) is 1. The van der Waals surface area contributed by atoms with E-state index in [-0.39, 0.29) is 6.42 Å². The molecule has 0 aliphatic carbocycles. The fourth-order valence-corrected chi connectivity index (χ4v) is 3.41. The summed E-state index contributed by atoms with van der Waals surface area (Å²) in [5.74, 6) is -2.48. The molecule has 0 aromatic heterocycles. The Labute approximate surface area is 176 Å². The number of carboxylic acids is 1. The van der Waals surface area contributed by atoms with Gasteiger partial charge in [0.1, 0.15) is 18.1 Å². The lowest BCUT2D eigenvalue weighted by molar-refractivity contribution is -0.149. The molecule has 0 bridgehead atoms. The van der Waals surface area contributed by atoms with Crippen LogP contribution in [0.5, 0.6) is 0 Å². The SMILES string of the molecule is CC[C@H](N)C(=O)N[C@@H](C)C(=O)N[C@@H](Cc1ccccc1)C(=O)N1CCC[C@@H]1C(=O)O. The number of benzene rings is 1. The summed E-state index contributed by atoms with van der Waals surface area (Å²) in [6.07, 6.45) is 1.62. The zero-order valence-corrected chi connectivity index (χ0v) is 17.3. The first kappa shape index (κ1) is 23.3. The van der Waals surface area contributed by atoms with E-state index < -0.39 is 47.9 Å². The normalized spacial score (nSPS) is 18.9. The van der Waals surface area contributed by atoms with Crippen molar-refractivity contribution >= 4 is 23.7 Å². The van der Waals surface area contributed by atoms with Crippen molar-refractivity contribution in [1.29, 1.82) is 0 Å². The second-order valence-electron chi connectivity index (χ2n) is 7.52. The highest BCUT2D eigenvalue weighted by Gasteiger charge is 2.38. The number of carbonyl (C=O) groups excluding carboxylic acids is 3. The molecule has 1 aliphatic rings. The summed E-state index contributed by atoms with van der Waals surface area (Å²) in [5.41, 5.74) is 6.51. The number of rotatable bonds is 9. The fourth-order valence-electron chi connectivity index (χ4n) is 3.41. The summed E-state index contributed by atoms with van der Waals surface area (Å²) >= 11 is 0. The molecule has 3 amide bonds. The van der Waals surface area contributed by atoms with Gasteiger partial charge in [0.25, 0.3) is 0 Å². The van der Waals surface area contributed by atoms with Gasteiger partial charge in [0.05, 0.1) is 6.04 Å². The number of nitrogens with two attached hydrogens (primary N) is 1. The van der Waals surface area contributed by atoms with Crippen LogP contribution in [-0.2, 0) is 25.6 Å². The molecule has 1 fully saturated rings. The first-order chi connectivity index (χ1) is 14.2. The maximum absolute atomic E-state index is 13.1. The Morgan fingerprint density at radius 3 is 2.43 bits per heavy atom. The monoisotopic (exact) mass is 418 g/mol. The van der Waals surface area contributed by atoms with E-state index in [0.29, 0.717) is 25.8 Å². The topological polar surface area (TPSA) is 142 Å². The van der Waals surface area contributed by atoms with Crippen LogP contribution < -0.4 is 16.4 Å². The van der Waals surface area contributed by atoms with Gasteiger partial charge in [-0.05, 0) is 31.7 Å². The zero-order chi connectivity index (χ0) is 22.3. The Bertz CT molecular complexity index is 770. The van der Waals surface area contributed by atoms with Crippen molar-refractivity contribution in [2.45, 2.75) is 63.7 Å². The van der Waals surface area contributed by atoms with Gasteiger partial charge in [-0.15, -0.1) is 0 Å². The molecule has 1 aromatic carbocycles. The van der Waals surface area contributed by atoms with E-state index in [2.05, 4.69) is 10.6 Å². The summed E-state index contributed by atoms with van der Waals surface area (Å²) in [4.78, 5) is 50.6. The van der Waals surface area contributed by atoms with Crippen LogP contribution in [0.15, 0.2) is 30.3 Å². The second-order valence-corrected chi connectivity index (χ2v) is 7.52. The summed E-state index contributed by atoms with van der Waals surface area (Å²) in [7, 11) is 0. The molecule has 1 aliphatic heterocycles. The molecule has 1 heterocycles. The number of nitrogens with one attached hydrogen (secondary N) is 2. The molecule has 1 saturated heterocycles. The van der Waals surface area contributed by atoms with E-state index in [1.165, 1.54) is 11.8 Å². The van der Waals surface area contributed by atoms with Crippen LogP contribution >= 0.6 is 0 Å². The number of nitrogens with zero attached hydrogens (tertiary/aromatic N) is 1. The molecule has 5 N–H and O–H groups in total. The Kier molecular flexibility index (Phi) is 8.35. The zero-order valence-electron chi connectivity index (χ0n) is 17.3. The molecule has 164 valence electrons. The first-order valence-corrected chi connectivity index (χ1v) is 10.2. The highest BCUT2D eigenvalue weighted by molar-refractivity contribution is 5.94. The van der Waals surface area contributed by atoms with Gasteiger partial charge in [-0.1, -0.05) is 37.3 Å². The van der Waals surface area contributed by atoms with E-state index in [1.807, 2.05) is 30.3 Å². The molecule has 0 unspecified atom stereocenters. The quantitative estimate of drug-likeness (QED) is 0.446. The van der Waals surface area contributed by atoms with Gasteiger partial charge >= 0.3 is 5.97 Å². The molecule has 0 spiro atoms. The van der Waals surface area contributed by atoms with Gasteiger partial charge in [0, 0.05) is 13.0 Å². The van der Waals surface area contributed by atoms with Crippen LogP contribution in [0.3, 0.4) is 0 Å². The van der Waals surface area contributed by atoms with Gasteiger partial charge < -0.3 is 26.4 Å². The molecule has 1 aromatic rings. The van der Waals surface area contributed by atoms with Gasteiger partial charge in [0.2, 0.25) is 17.7 Å². The summed E-state index contributed by atoms with van der Waals surface area (Å²) in [5, 5.41) is 14.6. The molecular weight excluding hydrogens is 388 g/mol. The number of hydrogen-bond acceptors (Lipinski definition) is 5. The summed E-state index contributed by atoms with van der Waals surface area (Å²) in [6, 6.07) is 5.69. The van der Waals surface area contributed by atoms with E-state index in [9.17, 15) is 24.3 Å². The minimum atomic E-state index is -1.06. The average molecular weight is 418 g/mol. The molecule has 30 heavy (non-hydrogen) atoms. The fraction of sp³-hybridized carbons (Fsp3) is 0.524. The van der Waals surface area contributed by atoms with Gasteiger partial charge in [-0.2, -0.15) is 0 Å². The summed E-state index contributed by atoms with van der Waals surface area (Å²) < 4.78 is 0. The molecule has 0 radical (unpaired) electrons. The smallest absolute Gasteiger partial charge is 0.326 e. The predicted octanol–water partition coefficient (Wildman–Crippen LogP) is 0.0315. The lowest BCUT2D eigenvalue weighted by atomic mass is 10.0. The lowest BCUT2D eigenvalue weighted by Gasteiger charge is -2.28. The Hall–Kier alpha value is -2.94. The van der Waals surface area contributed by atoms with Gasteiger partial charge in [-0.25, -0.2) is 4.79 Å². The van der Waals surface area contributed by atoms with Crippen molar-refractivity contribution in [3.63, 3.8) is 0 Å². The lowest BCUT2D eigenvalue weighted by Crippen LogP contribution is -2.57. The van der Waals surface area contributed by atoms with E-state index in [4.69, 9.17) is 5.73 Å². The molecule has 0 saturated carbocycles. The van der Waals surface area contributed by atoms with Crippen LogP contribution in [0.2, 0.25) is 0 Å². The predicted molar refractivity (Wildman–Crippen MR) is 110 cm³/mol. The van der Waals surface area contributed by atoms with Crippen molar-refractivity contribution in [2.24, 2.45) is 5.73 Å². The minimum absolute atomic E-state index is 0.212. The first-order valence-electron chi connectivity index (χ1n) is 10.2. The van der Waals surface area contributed by atoms with Crippen LogP contribution in [0.4, 0.5) is 0 Å². The average Bonchev–Trinajstić information content (AvgIpc) is 3.23. The van der Waals surface area contributed by atoms with E-state index in [0.717, 1.165) is 5.56 Å². The Morgan fingerprint density at radius 2 is 1.83 bits per heavy atom. The van der Waals surface area contributed by atoms with Crippen molar-refractivity contribution in [3.05, 3.63) is 35.9 Å². The van der Waals surface area contributed by atoms with Crippen molar-refractivity contribution in [1.82, 2.24) is 15.5 Å². The van der Waals surface area contributed by atoms with Gasteiger partial charge in [-0.3, -0.25) is 14.4 Å². The standard InChI is InChI=1S/C21H30N4O5/c1-3-15(22)19(27)23-13(2)18(26)24-16(12-14-8-5-4-6-9-14)20(28)25-11-7-10-17(25)21(29)30/h4-6,8-9,13,15-17H,3,7,10-12,22H2,1-2H3,(H,23,27)(H,24,26)(H,29,30)/t13-,15-,16-,17+/m0/s1. The van der Waals surface area contributed by atoms with Crippen LogP contribution in [0.25, 0.3) is 0 Å². The highest BCUT2D eigenvalue weighted by atomic mass is 16.4. The maximum Gasteiger partial charge on any atom is 0.326 e. The number of hydrogen-bond donors (Lipinski definition) is 4. The van der Waals surface area contributed by atoms with Crippen molar-refractivity contribution in [3.8, 4) is 0 Å². The Morgan fingerprint density at radius 1 is 1.17 bits per heavy atom. The maximum atomic E-state index is 13.1. The highest BCUT2D eigenvalue weighted by Crippen LogP contribution is 2.19. The van der Waals surface area contributed by atoms with Crippen molar-refractivity contribution < 1.29 is 24.3 Å². The van der Waals surface area contributed by atoms with Crippen LogP contribution in [0.1, 0.15) is 38.7 Å². The molecule has 2 rings (SSSR count). The molecule has 4 atom stereocenters. The molecular formula is C21H30N4O5. The van der Waals surface area contributed by atoms with Crippen LogP contribution in [0, 0.1) is 0 Å².